The summed E-state index contributed by atoms with van der Waals surface area (Å²) in [5.41, 5.74) is 5.42. The first kappa shape index (κ1) is 21.3. The molecular weight excluding hydrogens is 410 g/mol. The first-order chi connectivity index (χ1) is 16.1. The molecule has 168 valence electrons. The summed E-state index contributed by atoms with van der Waals surface area (Å²) >= 11 is 0. The standard InChI is InChI=1S/C28H29N3O2/c1-20-8-5-10-23(16-20)31-19-22(18-27(31)32)28-29-25-12-3-4-13-26(25)30(28)14-7-15-33-24-11-6-9-21(2)17-24/h3-6,8-13,16-17,22H,7,14-15,18-19H2,1-2H3/t22-/m1/s1. The van der Waals surface area contributed by atoms with Gasteiger partial charge in [-0.25, -0.2) is 4.98 Å². The molecule has 0 N–H and O–H groups in total. The van der Waals surface area contributed by atoms with Crippen LogP contribution >= 0.6 is 0 Å². The van der Waals surface area contributed by atoms with Gasteiger partial charge in [0.25, 0.3) is 0 Å². The molecule has 1 aliphatic heterocycles. The molecule has 1 fully saturated rings. The van der Waals surface area contributed by atoms with E-state index >= 15 is 0 Å². The van der Waals surface area contributed by atoms with Crippen LogP contribution < -0.4 is 9.64 Å². The number of nitrogens with zero attached hydrogens (tertiary/aromatic N) is 3. The monoisotopic (exact) mass is 439 g/mol. The number of amides is 1. The van der Waals surface area contributed by atoms with Crippen LogP contribution in [0.2, 0.25) is 0 Å². The Kier molecular flexibility index (Phi) is 5.86. The van der Waals surface area contributed by atoms with Gasteiger partial charge in [-0.2, -0.15) is 0 Å². The van der Waals surface area contributed by atoms with Gasteiger partial charge in [0.2, 0.25) is 5.91 Å². The molecule has 1 aromatic heterocycles. The molecule has 2 heterocycles. The van der Waals surface area contributed by atoms with E-state index in [1.54, 1.807) is 0 Å². The maximum Gasteiger partial charge on any atom is 0.227 e. The van der Waals surface area contributed by atoms with Gasteiger partial charge >= 0.3 is 0 Å². The highest BCUT2D eigenvalue weighted by Gasteiger charge is 2.34. The van der Waals surface area contributed by atoms with Gasteiger partial charge in [0, 0.05) is 31.1 Å². The molecule has 0 radical (unpaired) electrons. The molecule has 0 aliphatic carbocycles. The summed E-state index contributed by atoms with van der Waals surface area (Å²) in [5.74, 6) is 2.13. The Morgan fingerprint density at radius 2 is 1.76 bits per heavy atom. The van der Waals surface area contributed by atoms with Crippen LogP contribution in [0.5, 0.6) is 5.75 Å². The highest BCUT2D eigenvalue weighted by Crippen LogP contribution is 2.33. The molecule has 0 bridgehead atoms. The predicted octanol–water partition coefficient (Wildman–Crippen LogP) is 5.64. The largest absolute Gasteiger partial charge is 0.494 e. The number of para-hydroxylation sites is 2. The van der Waals surface area contributed by atoms with Crippen LogP contribution in [0.4, 0.5) is 5.69 Å². The van der Waals surface area contributed by atoms with Gasteiger partial charge in [-0.15, -0.1) is 0 Å². The number of imidazole rings is 1. The minimum absolute atomic E-state index is 0.0723. The topological polar surface area (TPSA) is 47.4 Å². The number of carbonyl (C=O) groups excluding carboxylic acids is 1. The van der Waals surface area contributed by atoms with E-state index in [-0.39, 0.29) is 11.8 Å². The smallest absolute Gasteiger partial charge is 0.227 e. The average Bonchev–Trinajstić information content (AvgIpc) is 3.37. The van der Waals surface area contributed by atoms with Crippen LogP contribution in [-0.2, 0) is 11.3 Å². The van der Waals surface area contributed by atoms with Crippen LogP contribution in [-0.4, -0.2) is 28.6 Å². The Hall–Kier alpha value is -3.60. The summed E-state index contributed by atoms with van der Waals surface area (Å²) in [7, 11) is 0. The normalized spacial score (nSPS) is 16.0. The van der Waals surface area contributed by atoms with Gasteiger partial charge in [0.15, 0.2) is 0 Å². The SMILES string of the molecule is Cc1cccc(OCCCn2c([C@@H]3CC(=O)N(c4cccc(C)c4)C3)nc3ccccc32)c1. The van der Waals surface area contributed by atoms with E-state index in [9.17, 15) is 4.79 Å². The summed E-state index contributed by atoms with van der Waals surface area (Å²) < 4.78 is 8.25. The van der Waals surface area contributed by atoms with Crippen molar-refractivity contribution in [3.05, 3.63) is 89.7 Å². The second-order valence-electron chi connectivity index (χ2n) is 8.87. The number of benzene rings is 3. The molecule has 5 heteroatoms. The fourth-order valence-corrected chi connectivity index (χ4v) is 4.68. The van der Waals surface area contributed by atoms with E-state index < -0.39 is 0 Å². The van der Waals surface area contributed by atoms with E-state index in [1.807, 2.05) is 47.4 Å². The van der Waals surface area contributed by atoms with Crippen molar-refractivity contribution in [3.63, 3.8) is 0 Å². The Bertz CT molecular complexity index is 1290. The van der Waals surface area contributed by atoms with Crippen molar-refractivity contribution in [2.75, 3.05) is 18.1 Å². The minimum Gasteiger partial charge on any atom is -0.494 e. The predicted molar refractivity (Wildman–Crippen MR) is 132 cm³/mol. The van der Waals surface area contributed by atoms with Gasteiger partial charge in [-0.3, -0.25) is 4.79 Å². The summed E-state index contributed by atoms with van der Waals surface area (Å²) in [5, 5.41) is 0. The second kappa shape index (κ2) is 9.10. The molecule has 1 atom stereocenters. The van der Waals surface area contributed by atoms with E-state index in [1.165, 1.54) is 5.56 Å². The molecule has 1 aliphatic rings. The van der Waals surface area contributed by atoms with Crippen molar-refractivity contribution in [1.29, 1.82) is 0 Å². The van der Waals surface area contributed by atoms with Crippen LogP contribution in [0.15, 0.2) is 72.8 Å². The van der Waals surface area contributed by atoms with E-state index in [4.69, 9.17) is 9.72 Å². The summed E-state index contributed by atoms with van der Waals surface area (Å²) in [6, 6.07) is 24.5. The third-order valence-corrected chi connectivity index (χ3v) is 6.27. The van der Waals surface area contributed by atoms with Crippen molar-refractivity contribution in [3.8, 4) is 5.75 Å². The van der Waals surface area contributed by atoms with E-state index in [0.717, 1.165) is 46.8 Å². The van der Waals surface area contributed by atoms with Crippen LogP contribution in [0.25, 0.3) is 11.0 Å². The first-order valence-electron chi connectivity index (χ1n) is 11.6. The molecule has 3 aromatic carbocycles. The lowest BCUT2D eigenvalue weighted by Crippen LogP contribution is -2.24. The Morgan fingerprint density at radius 3 is 2.58 bits per heavy atom. The molecule has 1 saturated heterocycles. The highest BCUT2D eigenvalue weighted by molar-refractivity contribution is 5.96. The number of fused-ring (bicyclic) bond motifs is 1. The number of hydrogen-bond donors (Lipinski definition) is 0. The third-order valence-electron chi connectivity index (χ3n) is 6.27. The summed E-state index contributed by atoms with van der Waals surface area (Å²) in [6.45, 7) is 6.22. The molecule has 5 nitrogen and oxygen atoms in total. The molecule has 33 heavy (non-hydrogen) atoms. The molecule has 0 saturated carbocycles. The van der Waals surface area contributed by atoms with Crippen LogP contribution in [0.3, 0.4) is 0 Å². The summed E-state index contributed by atoms with van der Waals surface area (Å²) in [4.78, 5) is 19.8. The molecule has 1 amide bonds. The molecular formula is C28H29N3O2. The number of aryl methyl sites for hydroxylation is 3. The van der Waals surface area contributed by atoms with Gasteiger partial charge in [-0.1, -0.05) is 36.4 Å². The maximum absolute atomic E-state index is 12.9. The number of ether oxygens (including phenoxy) is 1. The van der Waals surface area contributed by atoms with Crippen molar-refractivity contribution in [1.82, 2.24) is 9.55 Å². The van der Waals surface area contributed by atoms with Crippen molar-refractivity contribution in [2.24, 2.45) is 0 Å². The van der Waals surface area contributed by atoms with Gasteiger partial charge < -0.3 is 14.2 Å². The quantitative estimate of drug-likeness (QED) is 0.350. The van der Waals surface area contributed by atoms with Crippen LogP contribution in [0, 0.1) is 13.8 Å². The minimum atomic E-state index is 0.0723. The first-order valence-corrected chi connectivity index (χ1v) is 11.6. The fraction of sp³-hybridized carbons (Fsp3) is 0.286. The van der Waals surface area contributed by atoms with E-state index in [2.05, 4.69) is 48.7 Å². The number of carbonyl (C=O) groups is 1. The van der Waals surface area contributed by atoms with Crippen LogP contribution in [0.1, 0.15) is 35.7 Å². The molecule has 0 spiro atoms. The molecule has 0 unspecified atom stereocenters. The zero-order valence-corrected chi connectivity index (χ0v) is 19.2. The van der Waals surface area contributed by atoms with Crippen molar-refractivity contribution >= 4 is 22.6 Å². The zero-order chi connectivity index (χ0) is 22.8. The summed E-state index contributed by atoms with van der Waals surface area (Å²) in [6.07, 6.45) is 1.35. The van der Waals surface area contributed by atoms with Gasteiger partial charge in [-0.05, 0) is 67.8 Å². The second-order valence-corrected chi connectivity index (χ2v) is 8.87. The Labute approximate surface area is 194 Å². The van der Waals surface area contributed by atoms with Crippen molar-refractivity contribution < 1.29 is 9.53 Å². The average molecular weight is 440 g/mol. The third kappa shape index (κ3) is 4.49. The van der Waals surface area contributed by atoms with Crippen molar-refractivity contribution in [2.45, 2.75) is 39.2 Å². The number of hydrogen-bond acceptors (Lipinski definition) is 3. The lowest BCUT2D eigenvalue weighted by molar-refractivity contribution is -0.117. The Morgan fingerprint density at radius 1 is 0.970 bits per heavy atom. The molecule has 5 rings (SSSR count). The van der Waals surface area contributed by atoms with Gasteiger partial charge in [0.1, 0.15) is 11.6 Å². The highest BCUT2D eigenvalue weighted by atomic mass is 16.5. The number of aromatic nitrogens is 2. The van der Waals surface area contributed by atoms with E-state index in [0.29, 0.717) is 19.6 Å². The Balaban J connectivity index is 1.35. The lowest BCUT2D eigenvalue weighted by atomic mass is 10.1. The molecule has 4 aromatic rings. The fourth-order valence-electron chi connectivity index (χ4n) is 4.68. The maximum atomic E-state index is 12.9. The zero-order valence-electron chi connectivity index (χ0n) is 19.2. The lowest BCUT2D eigenvalue weighted by Gasteiger charge is -2.18. The van der Waals surface area contributed by atoms with Gasteiger partial charge in [0.05, 0.1) is 17.6 Å². The number of rotatable bonds is 7. The number of anilines is 1.